The Bertz CT molecular complexity index is 553. The molecule has 0 aliphatic heterocycles. The van der Waals surface area contributed by atoms with Crippen LogP contribution in [0.15, 0.2) is 36.7 Å². The average Bonchev–Trinajstić information content (AvgIpc) is 2.30. The van der Waals surface area contributed by atoms with Crippen LogP contribution in [0.4, 0.5) is 0 Å². The molecule has 0 radical (unpaired) electrons. The molecule has 1 aromatic carbocycles. The van der Waals surface area contributed by atoms with Crippen LogP contribution in [-0.4, -0.2) is 10.1 Å². The molecule has 1 heterocycles. The molecule has 3 heteroatoms. The first-order valence-corrected chi connectivity index (χ1v) is 4.86. The lowest BCUT2D eigenvalue weighted by molar-refractivity contribution is 0.475. The molecule has 3 nitrogen and oxygen atoms in total. The number of pyridine rings is 1. The van der Waals surface area contributed by atoms with Crippen molar-refractivity contribution in [2.24, 2.45) is 0 Å². The van der Waals surface area contributed by atoms with Crippen LogP contribution in [0.25, 0.3) is 11.1 Å². The van der Waals surface area contributed by atoms with Gasteiger partial charge in [0.15, 0.2) is 0 Å². The van der Waals surface area contributed by atoms with Crippen molar-refractivity contribution in [1.82, 2.24) is 4.98 Å². The second kappa shape index (κ2) is 4.03. The number of hydrogen-bond donors (Lipinski definition) is 1. The van der Waals surface area contributed by atoms with Crippen LogP contribution in [0.1, 0.15) is 11.1 Å². The number of benzene rings is 1. The largest absolute Gasteiger partial charge is 0.508 e. The second-order valence-electron chi connectivity index (χ2n) is 3.54. The summed E-state index contributed by atoms with van der Waals surface area (Å²) in [6, 6.07) is 8.91. The summed E-state index contributed by atoms with van der Waals surface area (Å²) in [5.74, 6) is 0.211. The summed E-state index contributed by atoms with van der Waals surface area (Å²) in [6.07, 6.45) is 3.33. The Morgan fingerprint density at radius 2 is 1.88 bits per heavy atom. The second-order valence-corrected chi connectivity index (χ2v) is 3.54. The van der Waals surface area contributed by atoms with Crippen LogP contribution in [0.5, 0.6) is 5.75 Å². The van der Waals surface area contributed by atoms with Crippen molar-refractivity contribution >= 4 is 0 Å². The maximum atomic E-state index is 9.20. The highest BCUT2D eigenvalue weighted by molar-refractivity contribution is 5.71. The Balaban J connectivity index is 2.61. The molecule has 78 valence electrons. The topological polar surface area (TPSA) is 56.9 Å². The van der Waals surface area contributed by atoms with Gasteiger partial charge in [0.2, 0.25) is 0 Å². The van der Waals surface area contributed by atoms with Gasteiger partial charge in [-0.25, -0.2) is 0 Å². The summed E-state index contributed by atoms with van der Waals surface area (Å²) in [4.78, 5) is 4.08. The first-order chi connectivity index (χ1) is 7.72. The van der Waals surface area contributed by atoms with Crippen LogP contribution in [0.3, 0.4) is 0 Å². The predicted octanol–water partition coefficient (Wildman–Crippen LogP) is 2.63. The van der Waals surface area contributed by atoms with Crippen molar-refractivity contribution in [2.45, 2.75) is 6.92 Å². The zero-order chi connectivity index (χ0) is 11.5. The van der Waals surface area contributed by atoms with Crippen LogP contribution >= 0.6 is 0 Å². The predicted molar refractivity (Wildman–Crippen MR) is 60.8 cm³/mol. The number of phenolic OH excluding ortho intramolecular Hbond substituents is 1. The molecule has 2 aromatic rings. The van der Waals surface area contributed by atoms with E-state index in [9.17, 15) is 5.11 Å². The number of aromatic hydroxyl groups is 1. The quantitative estimate of drug-likeness (QED) is 0.787. The van der Waals surface area contributed by atoms with Crippen LogP contribution in [0.2, 0.25) is 0 Å². The van der Waals surface area contributed by atoms with Gasteiger partial charge < -0.3 is 5.11 Å². The number of phenols is 1. The molecule has 2 rings (SSSR count). The Labute approximate surface area is 93.6 Å². The highest BCUT2D eigenvalue weighted by Crippen LogP contribution is 2.25. The molecular weight excluding hydrogens is 200 g/mol. The fourth-order valence-electron chi connectivity index (χ4n) is 1.57. The van der Waals surface area contributed by atoms with E-state index in [1.807, 2.05) is 6.92 Å². The summed E-state index contributed by atoms with van der Waals surface area (Å²) in [5, 5.41) is 18.3. The Hall–Kier alpha value is -2.34. The minimum Gasteiger partial charge on any atom is -0.508 e. The minimum atomic E-state index is 0.211. The van der Waals surface area contributed by atoms with Gasteiger partial charge in [0.1, 0.15) is 11.8 Å². The average molecular weight is 210 g/mol. The summed E-state index contributed by atoms with van der Waals surface area (Å²) in [5.41, 5.74) is 3.15. The summed E-state index contributed by atoms with van der Waals surface area (Å²) in [7, 11) is 0. The van der Waals surface area contributed by atoms with Crippen molar-refractivity contribution in [3.63, 3.8) is 0 Å². The van der Waals surface area contributed by atoms with Crippen LogP contribution in [-0.2, 0) is 0 Å². The molecule has 0 saturated carbocycles. The SMILES string of the molecule is Cc1cncc(-c2ccc(O)cc2)c1C#N. The molecule has 0 spiro atoms. The van der Waals surface area contributed by atoms with Gasteiger partial charge in [-0.2, -0.15) is 5.26 Å². The highest BCUT2D eigenvalue weighted by Gasteiger charge is 2.07. The molecule has 0 unspecified atom stereocenters. The molecule has 1 aromatic heterocycles. The maximum absolute atomic E-state index is 9.20. The van der Waals surface area contributed by atoms with E-state index in [-0.39, 0.29) is 5.75 Å². The van der Waals surface area contributed by atoms with E-state index in [0.717, 1.165) is 16.7 Å². The lowest BCUT2D eigenvalue weighted by Gasteiger charge is -2.05. The van der Waals surface area contributed by atoms with Crippen molar-refractivity contribution < 1.29 is 5.11 Å². The molecule has 0 fully saturated rings. The lowest BCUT2D eigenvalue weighted by atomic mass is 10.00. The number of aromatic nitrogens is 1. The lowest BCUT2D eigenvalue weighted by Crippen LogP contribution is -1.90. The third-order valence-corrected chi connectivity index (χ3v) is 2.43. The van der Waals surface area contributed by atoms with E-state index in [4.69, 9.17) is 5.26 Å². The smallest absolute Gasteiger partial charge is 0.115 e. The molecular formula is C13H10N2O. The van der Waals surface area contributed by atoms with E-state index in [1.54, 1.807) is 36.7 Å². The van der Waals surface area contributed by atoms with Gasteiger partial charge in [-0.05, 0) is 30.2 Å². The Morgan fingerprint density at radius 1 is 1.19 bits per heavy atom. The highest BCUT2D eigenvalue weighted by atomic mass is 16.3. The van der Waals surface area contributed by atoms with Crippen LogP contribution < -0.4 is 0 Å². The molecule has 0 saturated heterocycles. The molecule has 0 atom stereocenters. The monoisotopic (exact) mass is 210 g/mol. The summed E-state index contributed by atoms with van der Waals surface area (Å²) in [6.45, 7) is 1.86. The maximum Gasteiger partial charge on any atom is 0.115 e. The molecule has 0 amide bonds. The first-order valence-electron chi connectivity index (χ1n) is 4.86. The summed E-state index contributed by atoms with van der Waals surface area (Å²) < 4.78 is 0. The van der Waals surface area contributed by atoms with Gasteiger partial charge in [0.05, 0.1) is 5.56 Å². The minimum absolute atomic E-state index is 0.211. The molecule has 16 heavy (non-hydrogen) atoms. The Morgan fingerprint density at radius 3 is 2.50 bits per heavy atom. The Kier molecular flexibility index (Phi) is 2.57. The first kappa shape index (κ1) is 10.2. The molecule has 0 aliphatic carbocycles. The molecule has 0 aliphatic rings. The number of nitrogens with zero attached hydrogens (tertiary/aromatic N) is 2. The van der Waals surface area contributed by atoms with Gasteiger partial charge in [-0.15, -0.1) is 0 Å². The number of rotatable bonds is 1. The van der Waals surface area contributed by atoms with E-state index in [2.05, 4.69) is 11.1 Å². The number of aryl methyl sites for hydroxylation is 1. The zero-order valence-corrected chi connectivity index (χ0v) is 8.81. The van der Waals surface area contributed by atoms with Gasteiger partial charge in [0.25, 0.3) is 0 Å². The van der Waals surface area contributed by atoms with Crippen molar-refractivity contribution in [2.75, 3.05) is 0 Å². The van der Waals surface area contributed by atoms with E-state index in [0.29, 0.717) is 5.56 Å². The van der Waals surface area contributed by atoms with Gasteiger partial charge in [0, 0.05) is 18.0 Å². The standard InChI is InChI=1S/C13H10N2O/c1-9-7-15-8-13(12(9)6-14)10-2-4-11(16)5-3-10/h2-5,7-8,16H,1H3. The van der Waals surface area contributed by atoms with E-state index >= 15 is 0 Å². The molecule has 0 bridgehead atoms. The normalized spacial score (nSPS) is 9.75. The van der Waals surface area contributed by atoms with Gasteiger partial charge in [-0.3, -0.25) is 4.98 Å². The third kappa shape index (κ3) is 1.73. The van der Waals surface area contributed by atoms with Gasteiger partial charge in [-0.1, -0.05) is 12.1 Å². The van der Waals surface area contributed by atoms with Crippen molar-refractivity contribution in [3.8, 4) is 22.9 Å². The van der Waals surface area contributed by atoms with Gasteiger partial charge >= 0.3 is 0 Å². The number of nitriles is 1. The summed E-state index contributed by atoms with van der Waals surface area (Å²) >= 11 is 0. The fraction of sp³-hybridized carbons (Fsp3) is 0.0769. The van der Waals surface area contributed by atoms with Crippen LogP contribution in [0, 0.1) is 18.3 Å². The molecule has 1 N–H and O–H groups in total. The number of hydrogen-bond acceptors (Lipinski definition) is 3. The zero-order valence-electron chi connectivity index (χ0n) is 8.81. The third-order valence-electron chi connectivity index (χ3n) is 2.43. The van der Waals surface area contributed by atoms with E-state index in [1.165, 1.54) is 0 Å². The van der Waals surface area contributed by atoms with Crippen molar-refractivity contribution in [1.29, 1.82) is 5.26 Å². The fourth-order valence-corrected chi connectivity index (χ4v) is 1.57. The van der Waals surface area contributed by atoms with E-state index < -0.39 is 0 Å². The van der Waals surface area contributed by atoms with Crippen molar-refractivity contribution in [3.05, 3.63) is 47.8 Å².